The topological polar surface area (TPSA) is 94.2 Å². The van der Waals surface area contributed by atoms with Gasteiger partial charge in [-0.25, -0.2) is 13.6 Å². The summed E-state index contributed by atoms with van der Waals surface area (Å²) in [5.74, 6) is 0.331. The van der Waals surface area contributed by atoms with Crippen LogP contribution >= 0.6 is 0 Å². The summed E-state index contributed by atoms with van der Waals surface area (Å²) in [6.45, 7) is 4.49. The molecule has 2 rings (SSSR count). The number of aromatic nitrogens is 1. The molecule has 1 heterocycles. The van der Waals surface area contributed by atoms with Gasteiger partial charge in [0.25, 0.3) is 5.91 Å². The molecule has 20 heavy (non-hydrogen) atoms. The van der Waals surface area contributed by atoms with Gasteiger partial charge in [-0.3, -0.25) is 4.79 Å². The highest BCUT2D eigenvalue weighted by Crippen LogP contribution is 2.34. The van der Waals surface area contributed by atoms with Crippen molar-refractivity contribution in [3.8, 4) is 0 Å². The van der Waals surface area contributed by atoms with E-state index in [4.69, 9.17) is 5.14 Å². The van der Waals surface area contributed by atoms with Crippen molar-refractivity contribution in [2.75, 3.05) is 0 Å². The third kappa shape index (κ3) is 3.21. The molecule has 1 aliphatic rings. The molecule has 2 atom stereocenters. The third-order valence-electron chi connectivity index (χ3n) is 3.67. The number of carbonyl (C=O) groups is 1. The van der Waals surface area contributed by atoms with Crippen LogP contribution in [0.5, 0.6) is 0 Å². The number of hydrogen-bond donors (Lipinski definition) is 2. The number of aryl methyl sites for hydroxylation is 1. The van der Waals surface area contributed by atoms with E-state index < -0.39 is 10.0 Å². The second-order valence-electron chi connectivity index (χ2n) is 5.26. The van der Waals surface area contributed by atoms with Gasteiger partial charge in [-0.15, -0.1) is 0 Å². The van der Waals surface area contributed by atoms with Gasteiger partial charge in [-0.1, -0.05) is 13.3 Å². The number of sulfonamides is 1. The highest BCUT2D eigenvalue weighted by Gasteiger charge is 2.37. The predicted molar refractivity (Wildman–Crippen MR) is 75.7 cm³/mol. The van der Waals surface area contributed by atoms with Crippen LogP contribution in [0.1, 0.15) is 43.6 Å². The van der Waals surface area contributed by atoms with Crippen molar-refractivity contribution in [2.45, 2.75) is 50.6 Å². The van der Waals surface area contributed by atoms with E-state index in [1.165, 1.54) is 12.3 Å². The molecular weight excluding hydrogens is 278 g/mol. The summed E-state index contributed by atoms with van der Waals surface area (Å²) in [4.78, 5) is 12.2. The average molecular weight is 299 g/mol. The molecule has 1 fully saturated rings. The monoisotopic (exact) mass is 299 g/mol. The number of nitrogens with two attached hydrogens (primary N) is 1. The first-order valence-corrected chi connectivity index (χ1v) is 8.45. The molecule has 0 saturated heterocycles. The fraction of sp³-hybridized carbons (Fsp3) is 0.615. The van der Waals surface area contributed by atoms with Crippen molar-refractivity contribution < 1.29 is 13.2 Å². The molecule has 0 bridgehead atoms. The molecule has 3 N–H and O–H groups in total. The normalized spacial score (nSPS) is 21.8. The van der Waals surface area contributed by atoms with Crippen LogP contribution in [0.25, 0.3) is 0 Å². The Labute approximate surface area is 119 Å². The molecule has 7 heteroatoms. The number of hydrogen-bond acceptors (Lipinski definition) is 3. The Morgan fingerprint density at radius 3 is 2.75 bits per heavy atom. The SMILES string of the molecule is CCCC1CC1NC(=O)c1cc(S(N)(=O)=O)cn1CC. The van der Waals surface area contributed by atoms with Crippen molar-refractivity contribution in [1.82, 2.24) is 9.88 Å². The lowest BCUT2D eigenvalue weighted by Crippen LogP contribution is -2.28. The summed E-state index contributed by atoms with van der Waals surface area (Å²) >= 11 is 0. The summed E-state index contributed by atoms with van der Waals surface area (Å²) in [5, 5.41) is 8.05. The van der Waals surface area contributed by atoms with Crippen molar-refractivity contribution in [3.05, 3.63) is 18.0 Å². The molecule has 1 aromatic rings. The molecule has 1 aliphatic carbocycles. The molecule has 112 valence electrons. The summed E-state index contributed by atoms with van der Waals surface area (Å²) in [5.41, 5.74) is 0.346. The van der Waals surface area contributed by atoms with Crippen LogP contribution in [0.3, 0.4) is 0 Å². The first kappa shape index (κ1) is 15.1. The van der Waals surface area contributed by atoms with E-state index in [9.17, 15) is 13.2 Å². The van der Waals surface area contributed by atoms with E-state index in [0.717, 1.165) is 19.3 Å². The van der Waals surface area contributed by atoms with Gasteiger partial charge < -0.3 is 9.88 Å². The lowest BCUT2D eigenvalue weighted by molar-refractivity contribution is 0.0939. The Kier molecular flexibility index (Phi) is 4.19. The minimum absolute atomic E-state index is 0.0228. The van der Waals surface area contributed by atoms with Crippen molar-refractivity contribution in [3.63, 3.8) is 0 Å². The Balaban J connectivity index is 2.12. The lowest BCUT2D eigenvalue weighted by atomic mass is 10.2. The lowest BCUT2D eigenvalue weighted by Gasteiger charge is -2.07. The van der Waals surface area contributed by atoms with E-state index >= 15 is 0 Å². The van der Waals surface area contributed by atoms with Gasteiger partial charge in [0.15, 0.2) is 0 Å². The molecule has 0 spiro atoms. The van der Waals surface area contributed by atoms with Crippen LogP contribution in [0.4, 0.5) is 0 Å². The molecule has 0 aliphatic heterocycles. The van der Waals surface area contributed by atoms with E-state index in [1.807, 2.05) is 6.92 Å². The van der Waals surface area contributed by atoms with Crippen molar-refractivity contribution >= 4 is 15.9 Å². The van der Waals surface area contributed by atoms with Crippen LogP contribution in [-0.2, 0) is 16.6 Å². The average Bonchev–Trinajstić information content (AvgIpc) is 2.93. The largest absolute Gasteiger partial charge is 0.348 e. The van der Waals surface area contributed by atoms with E-state index in [1.54, 1.807) is 4.57 Å². The van der Waals surface area contributed by atoms with Gasteiger partial charge in [0, 0.05) is 18.8 Å². The van der Waals surface area contributed by atoms with Gasteiger partial charge in [-0.05, 0) is 31.7 Å². The number of nitrogens with zero attached hydrogens (tertiary/aromatic N) is 1. The zero-order valence-electron chi connectivity index (χ0n) is 11.8. The third-order valence-corrected chi connectivity index (χ3v) is 4.55. The zero-order chi connectivity index (χ0) is 14.9. The number of amides is 1. The van der Waals surface area contributed by atoms with Crippen LogP contribution in [0.15, 0.2) is 17.2 Å². The minimum atomic E-state index is -3.78. The van der Waals surface area contributed by atoms with Crippen LogP contribution in [0.2, 0.25) is 0 Å². The van der Waals surface area contributed by atoms with Crippen LogP contribution < -0.4 is 10.5 Å². The zero-order valence-corrected chi connectivity index (χ0v) is 12.6. The van der Waals surface area contributed by atoms with Gasteiger partial charge in [0.1, 0.15) is 10.6 Å². The molecule has 2 unspecified atom stereocenters. The molecule has 1 aromatic heterocycles. The number of nitrogens with one attached hydrogen (secondary N) is 1. The van der Waals surface area contributed by atoms with Crippen molar-refractivity contribution in [1.29, 1.82) is 0 Å². The smallest absolute Gasteiger partial charge is 0.268 e. The first-order chi connectivity index (χ1) is 9.36. The molecule has 0 radical (unpaired) electrons. The molecule has 1 saturated carbocycles. The van der Waals surface area contributed by atoms with E-state index in [0.29, 0.717) is 18.2 Å². The van der Waals surface area contributed by atoms with E-state index in [-0.39, 0.29) is 16.8 Å². The summed E-state index contributed by atoms with van der Waals surface area (Å²) in [7, 11) is -3.78. The van der Waals surface area contributed by atoms with Gasteiger partial charge >= 0.3 is 0 Å². The number of primary sulfonamides is 1. The maximum absolute atomic E-state index is 12.2. The number of rotatable bonds is 6. The molecule has 1 amide bonds. The van der Waals surface area contributed by atoms with Crippen molar-refractivity contribution in [2.24, 2.45) is 11.1 Å². The Morgan fingerprint density at radius 2 is 2.20 bits per heavy atom. The van der Waals surface area contributed by atoms with Crippen LogP contribution in [0, 0.1) is 5.92 Å². The highest BCUT2D eigenvalue weighted by atomic mass is 32.2. The summed E-state index contributed by atoms with van der Waals surface area (Å²) in [6.07, 6.45) is 4.63. The fourth-order valence-corrected chi connectivity index (χ4v) is 3.00. The van der Waals surface area contributed by atoms with Gasteiger partial charge in [0.05, 0.1) is 0 Å². The maximum Gasteiger partial charge on any atom is 0.268 e. The molecule has 6 nitrogen and oxygen atoms in total. The summed E-state index contributed by atoms with van der Waals surface area (Å²) < 4.78 is 24.3. The molecular formula is C13H21N3O3S. The van der Waals surface area contributed by atoms with Gasteiger partial charge in [0.2, 0.25) is 10.0 Å². The number of carbonyl (C=O) groups excluding carboxylic acids is 1. The molecule has 0 aromatic carbocycles. The Bertz CT molecular complexity index is 606. The quantitative estimate of drug-likeness (QED) is 0.822. The van der Waals surface area contributed by atoms with E-state index in [2.05, 4.69) is 12.2 Å². The Hall–Kier alpha value is -1.34. The highest BCUT2D eigenvalue weighted by molar-refractivity contribution is 7.89. The maximum atomic E-state index is 12.2. The fourth-order valence-electron chi connectivity index (χ4n) is 2.45. The van der Waals surface area contributed by atoms with Gasteiger partial charge in [-0.2, -0.15) is 0 Å². The second kappa shape index (κ2) is 5.57. The summed E-state index contributed by atoms with van der Waals surface area (Å²) in [6, 6.07) is 1.56. The Morgan fingerprint density at radius 1 is 1.50 bits per heavy atom. The first-order valence-electron chi connectivity index (χ1n) is 6.90. The predicted octanol–water partition coefficient (Wildman–Crippen LogP) is 1.07. The van der Waals surface area contributed by atoms with Crippen LogP contribution in [-0.4, -0.2) is 24.9 Å². The standard InChI is InChI=1S/C13H21N3O3S/c1-3-5-9-6-11(9)15-13(17)12-7-10(20(14,18)19)8-16(12)4-2/h7-9,11H,3-6H2,1-2H3,(H,15,17)(H2,14,18,19). The minimum Gasteiger partial charge on any atom is -0.348 e. The second-order valence-corrected chi connectivity index (χ2v) is 6.82.